The van der Waals surface area contributed by atoms with Crippen molar-refractivity contribution in [2.45, 2.75) is 44.8 Å². The summed E-state index contributed by atoms with van der Waals surface area (Å²) in [6.45, 7) is 5.63. The van der Waals surface area contributed by atoms with Crippen molar-refractivity contribution in [2.75, 3.05) is 12.4 Å². The largest absolute Gasteiger partial charge is 0.465 e. The van der Waals surface area contributed by atoms with Crippen LogP contribution in [-0.4, -0.2) is 37.9 Å². The Morgan fingerprint density at radius 3 is 2.39 bits per heavy atom. The lowest BCUT2D eigenvalue weighted by Gasteiger charge is -2.43. The fraction of sp³-hybridized carbons (Fsp3) is 0.909. The maximum absolute atomic E-state index is 12.0. The van der Waals surface area contributed by atoms with E-state index in [1.807, 2.05) is 0 Å². The average Bonchev–Trinajstić information content (AvgIpc) is 2.42. The molecule has 0 amide bonds. The highest BCUT2D eigenvalue weighted by Gasteiger charge is 2.76. The van der Waals surface area contributed by atoms with E-state index >= 15 is 0 Å². The minimum atomic E-state index is -3.62. The summed E-state index contributed by atoms with van der Waals surface area (Å²) in [5.74, 6) is -0.553. The number of ether oxygens (including phenoxy) is 2. The second kappa shape index (κ2) is 3.68. The van der Waals surface area contributed by atoms with E-state index < -0.39 is 26.6 Å². The van der Waals surface area contributed by atoms with Gasteiger partial charge in [-0.2, -0.15) is 0 Å². The number of sulfonamides is 1. The van der Waals surface area contributed by atoms with E-state index in [1.165, 1.54) is 0 Å². The summed E-state index contributed by atoms with van der Waals surface area (Å²) in [6, 6.07) is 0. The second-order valence-corrected chi connectivity index (χ2v) is 7.37. The molecule has 3 aliphatic rings. The fourth-order valence-corrected chi connectivity index (χ4v) is 4.34. The third-order valence-corrected chi connectivity index (χ3v) is 4.93. The molecule has 6 nitrogen and oxygen atoms in total. The number of hydrogen-bond acceptors (Lipinski definition) is 5. The quantitative estimate of drug-likeness (QED) is 0.739. The van der Waals surface area contributed by atoms with Crippen molar-refractivity contribution < 1.29 is 22.7 Å². The minimum Gasteiger partial charge on any atom is -0.465 e. The number of rotatable bonds is 4. The number of carbonyl (C=O) groups is 1. The third kappa shape index (κ3) is 1.85. The molecule has 104 valence electrons. The summed E-state index contributed by atoms with van der Waals surface area (Å²) in [5.41, 5.74) is -2.26. The number of fused-ring (bicyclic) bond motifs is 1. The summed E-state index contributed by atoms with van der Waals surface area (Å²) in [4.78, 5) is 12.0. The van der Waals surface area contributed by atoms with Crippen LogP contribution in [0.15, 0.2) is 0 Å². The molecular formula is C11H19NO5S. The summed E-state index contributed by atoms with van der Waals surface area (Å²) < 4.78 is 33.3. The monoisotopic (exact) mass is 277 g/mol. The van der Waals surface area contributed by atoms with Gasteiger partial charge in [-0.15, -0.1) is 0 Å². The van der Waals surface area contributed by atoms with Crippen LogP contribution in [0.2, 0.25) is 0 Å². The van der Waals surface area contributed by atoms with Gasteiger partial charge in [-0.1, -0.05) is 0 Å². The lowest BCUT2D eigenvalue weighted by molar-refractivity contribution is -0.163. The van der Waals surface area contributed by atoms with E-state index in [9.17, 15) is 13.2 Å². The van der Waals surface area contributed by atoms with Gasteiger partial charge in [0.25, 0.3) is 0 Å². The molecule has 2 N–H and O–H groups in total. The minimum absolute atomic E-state index is 0.245. The number of esters is 1. The molecule has 2 aliphatic heterocycles. The molecule has 0 unspecified atom stereocenters. The summed E-state index contributed by atoms with van der Waals surface area (Å²) in [6.07, 6.45) is 0.727. The molecule has 0 aromatic carbocycles. The van der Waals surface area contributed by atoms with Crippen LogP contribution in [0.4, 0.5) is 0 Å². The molecule has 0 radical (unpaired) electrons. The number of hydrogen-bond donors (Lipinski definition) is 1. The Morgan fingerprint density at radius 2 is 1.94 bits per heavy atom. The van der Waals surface area contributed by atoms with Crippen LogP contribution in [0, 0.1) is 5.41 Å². The van der Waals surface area contributed by atoms with Crippen LogP contribution in [-0.2, 0) is 24.3 Å². The third-order valence-electron chi connectivity index (χ3n) is 4.00. The molecule has 3 rings (SSSR count). The molecule has 7 heteroatoms. The van der Waals surface area contributed by atoms with Gasteiger partial charge in [-0.25, -0.2) is 13.6 Å². The highest BCUT2D eigenvalue weighted by molar-refractivity contribution is 7.89. The Labute approximate surface area is 107 Å². The molecule has 0 aromatic rings. The first-order valence-electron chi connectivity index (χ1n) is 5.94. The van der Waals surface area contributed by atoms with Gasteiger partial charge in [0.1, 0.15) is 5.41 Å². The average molecular weight is 277 g/mol. The van der Waals surface area contributed by atoms with Gasteiger partial charge in [-0.05, 0) is 33.6 Å². The second-order valence-electron chi connectivity index (χ2n) is 5.76. The van der Waals surface area contributed by atoms with Gasteiger partial charge >= 0.3 is 5.97 Å². The predicted molar refractivity (Wildman–Crippen MR) is 64.2 cm³/mol. The van der Waals surface area contributed by atoms with Crippen molar-refractivity contribution in [1.82, 2.24) is 0 Å². The van der Waals surface area contributed by atoms with Crippen molar-refractivity contribution in [2.24, 2.45) is 10.6 Å². The molecule has 0 atom stereocenters. The Bertz CT molecular complexity index is 476. The number of nitrogens with two attached hydrogens (primary N) is 1. The van der Waals surface area contributed by atoms with Crippen LogP contribution < -0.4 is 5.14 Å². The molecule has 18 heavy (non-hydrogen) atoms. The van der Waals surface area contributed by atoms with E-state index in [0.717, 1.165) is 0 Å². The van der Waals surface area contributed by atoms with Gasteiger partial charge < -0.3 is 9.47 Å². The van der Waals surface area contributed by atoms with Gasteiger partial charge in [0, 0.05) is 0 Å². The van der Waals surface area contributed by atoms with Crippen molar-refractivity contribution >= 4 is 16.0 Å². The highest BCUT2D eigenvalue weighted by Crippen LogP contribution is 2.67. The van der Waals surface area contributed by atoms with E-state index in [4.69, 9.17) is 14.6 Å². The van der Waals surface area contributed by atoms with E-state index in [2.05, 4.69) is 0 Å². The predicted octanol–water partition coefficient (Wildman–Crippen LogP) is 0.166. The van der Waals surface area contributed by atoms with Gasteiger partial charge in [-0.3, -0.25) is 4.79 Å². The SMILES string of the molecule is CCOC(=O)C12CC(CS(N)(=O)=O)(C1)OC2(C)C. The molecule has 3 fully saturated rings. The summed E-state index contributed by atoms with van der Waals surface area (Å²) >= 11 is 0. The first kappa shape index (κ1) is 13.8. The Kier molecular flexibility index (Phi) is 2.81. The van der Waals surface area contributed by atoms with E-state index in [0.29, 0.717) is 19.4 Å². The van der Waals surface area contributed by atoms with Gasteiger partial charge in [0.15, 0.2) is 0 Å². The normalized spacial score (nSPS) is 37.1. The Morgan fingerprint density at radius 1 is 1.39 bits per heavy atom. The Hall–Kier alpha value is -0.660. The van der Waals surface area contributed by atoms with Crippen molar-refractivity contribution in [3.8, 4) is 0 Å². The molecule has 2 bridgehead atoms. The molecule has 0 spiro atoms. The van der Waals surface area contributed by atoms with Crippen LogP contribution in [0.3, 0.4) is 0 Å². The standard InChI is InChI=1S/C11H19NO5S/c1-4-16-8(13)11-5-10(6-11,7-18(12,14)15)17-9(11,2)3/h4-7H2,1-3H3,(H2,12,14,15). The zero-order chi connectivity index (χ0) is 13.8. The molecule has 1 saturated carbocycles. The van der Waals surface area contributed by atoms with Gasteiger partial charge in [0.2, 0.25) is 10.0 Å². The summed E-state index contributed by atoms with van der Waals surface area (Å²) in [7, 11) is -3.62. The molecular weight excluding hydrogens is 258 g/mol. The smallest absolute Gasteiger partial charge is 0.315 e. The van der Waals surface area contributed by atoms with Crippen LogP contribution >= 0.6 is 0 Å². The maximum Gasteiger partial charge on any atom is 0.315 e. The fourth-order valence-electron chi connectivity index (χ4n) is 3.34. The van der Waals surface area contributed by atoms with Gasteiger partial charge in [0.05, 0.1) is 23.6 Å². The zero-order valence-electron chi connectivity index (χ0n) is 10.9. The van der Waals surface area contributed by atoms with Crippen LogP contribution in [0.5, 0.6) is 0 Å². The first-order chi connectivity index (χ1) is 8.06. The molecule has 0 aromatic heterocycles. The van der Waals surface area contributed by atoms with Crippen LogP contribution in [0.25, 0.3) is 0 Å². The number of primary sulfonamides is 1. The molecule has 2 heterocycles. The van der Waals surface area contributed by atoms with Crippen molar-refractivity contribution in [3.63, 3.8) is 0 Å². The highest BCUT2D eigenvalue weighted by atomic mass is 32.2. The lowest BCUT2D eigenvalue weighted by Crippen LogP contribution is -2.56. The maximum atomic E-state index is 12.0. The van der Waals surface area contributed by atoms with E-state index in [-0.39, 0.29) is 11.7 Å². The molecule has 1 aliphatic carbocycles. The lowest BCUT2D eigenvalue weighted by atomic mass is 9.57. The first-order valence-corrected chi connectivity index (χ1v) is 7.65. The topological polar surface area (TPSA) is 95.7 Å². The molecule has 2 saturated heterocycles. The Balaban J connectivity index is 2.23. The van der Waals surface area contributed by atoms with Crippen LogP contribution in [0.1, 0.15) is 33.6 Å². The number of carbonyl (C=O) groups excluding carboxylic acids is 1. The van der Waals surface area contributed by atoms with Crippen molar-refractivity contribution in [3.05, 3.63) is 0 Å². The van der Waals surface area contributed by atoms with Crippen molar-refractivity contribution in [1.29, 1.82) is 0 Å². The van der Waals surface area contributed by atoms with E-state index in [1.54, 1.807) is 20.8 Å². The zero-order valence-corrected chi connectivity index (χ0v) is 11.7. The summed E-state index contributed by atoms with van der Waals surface area (Å²) in [5, 5.41) is 5.07.